The van der Waals surface area contributed by atoms with Gasteiger partial charge in [0.2, 0.25) is 15.9 Å². The van der Waals surface area contributed by atoms with E-state index in [4.69, 9.17) is 0 Å². The molecule has 1 saturated heterocycles. The molecule has 0 saturated carbocycles. The van der Waals surface area contributed by atoms with Crippen molar-refractivity contribution in [2.75, 3.05) is 19.7 Å². The summed E-state index contributed by atoms with van der Waals surface area (Å²) in [5, 5.41) is 3.18. The molecule has 0 aliphatic carbocycles. The van der Waals surface area contributed by atoms with Crippen LogP contribution in [0.1, 0.15) is 13.8 Å². The molecule has 1 fully saturated rings. The number of piperazine rings is 1. The third-order valence-corrected chi connectivity index (χ3v) is 5.65. The van der Waals surface area contributed by atoms with E-state index in [1.54, 1.807) is 6.92 Å². The predicted octanol–water partition coefficient (Wildman–Crippen LogP) is 1.39. The first-order valence-corrected chi connectivity index (χ1v) is 8.46. The first kappa shape index (κ1) is 18.0. The fourth-order valence-corrected chi connectivity index (χ4v) is 3.91. The van der Waals surface area contributed by atoms with E-state index in [0.717, 1.165) is 12.3 Å². The number of hydrogen-bond donors (Lipinski definition) is 1. The van der Waals surface area contributed by atoms with Crippen molar-refractivity contribution < 1.29 is 26.3 Å². The molecule has 1 aliphatic heterocycles. The van der Waals surface area contributed by atoms with Crippen molar-refractivity contribution in [3.63, 3.8) is 0 Å². The van der Waals surface area contributed by atoms with Gasteiger partial charge in [-0.25, -0.2) is 13.4 Å². The van der Waals surface area contributed by atoms with Crippen LogP contribution in [-0.2, 0) is 10.0 Å². The maximum absolute atomic E-state index is 12.6. The molecule has 1 N–H and O–H groups in total. The summed E-state index contributed by atoms with van der Waals surface area (Å²) in [5.41, 5.74) is 0. The summed E-state index contributed by atoms with van der Waals surface area (Å²) < 4.78 is 67.3. The van der Waals surface area contributed by atoms with Gasteiger partial charge in [0.25, 0.3) is 0 Å². The van der Waals surface area contributed by atoms with E-state index in [1.165, 1.54) is 10.4 Å². The van der Waals surface area contributed by atoms with E-state index < -0.39 is 22.8 Å². The Morgan fingerprint density at radius 3 is 2.65 bits per heavy atom. The lowest BCUT2D eigenvalue weighted by Gasteiger charge is -2.37. The van der Waals surface area contributed by atoms with Crippen molar-refractivity contribution in [3.8, 4) is 5.88 Å². The Hall–Kier alpha value is -1.39. The molecule has 0 aromatic carbocycles. The molecule has 1 aliphatic rings. The Balaban J connectivity index is 2.14. The van der Waals surface area contributed by atoms with Crippen LogP contribution in [-0.4, -0.2) is 55.7 Å². The van der Waals surface area contributed by atoms with Crippen LogP contribution in [0, 0.1) is 0 Å². The highest BCUT2D eigenvalue weighted by Crippen LogP contribution is 2.23. The van der Waals surface area contributed by atoms with Gasteiger partial charge in [-0.1, -0.05) is 0 Å². The lowest BCUT2D eigenvalue weighted by atomic mass is 10.1. The van der Waals surface area contributed by atoms with Crippen molar-refractivity contribution in [2.24, 2.45) is 0 Å². The summed E-state index contributed by atoms with van der Waals surface area (Å²) in [6.45, 7) is 3.06. The molecule has 0 bridgehead atoms. The van der Waals surface area contributed by atoms with Crippen molar-refractivity contribution >= 4 is 10.0 Å². The molecule has 1 aromatic heterocycles. The molecule has 2 heterocycles. The zero-order chi connectivity index (χ0) is 17.3. The second-order valence-electron chi connectivity index (χ2n) is 5.34. The normalized spacial score (nSPS) is 23.7. The quantitative estimate of drug-likeness (QED) is 0.886. The first-order chi connectivity index (χ1) is 10.6. The molecule has 0 radical (unpaired) electrons. The topological polar surface area (TPSA) is 71.5 Å². The maximum Gasteiger partial charge on any atom is 0.422 e. The molecule has 23 heavy (non-hydrogen) atoms. The van der Waals surface area contributed by atoms with E-state index in [-0.39, 0.29) is 22.9 Å². The minimum Gasteiger partial charge on any atom is -0.468 e. The van der Waals surface area contributed by atoms with Gasteiger partial charge in [0.1, 0.15) is 4.90 Å². The average molecular weight is 353 g/mol. The van der Waals surface area contributed by atoms with E-state index in [1.807, 2.05) is 6.92 Å². The van der Waals surface area contributed by atoms with Crippen molar-refractivity contribution in [1.82, 2.24) is 14.6 Å². The van der Waals surface area contributed by atoms with Crippen LogP contribution in [0.4, 0.5) is 13.2 Å². The van der Waals surface area contributed by atoms with E-state index in [9.17, 15) is 21.6 Å². The lowest BCUT2D eigenvalue weighted by Crippen LogP contribution is -2.57. The van der Waals surface area contributed by atoms with E-state index in [2.05, 4.69) is 15.0 Å². The second-order valence-corrected chi connectivity index (χ2v) is 7.23. The zero-order valence-corrected chi connectivity index (χ0v) is 13.5. The Bertz CT molecular complexity index is 634. The number of nitrogens with zero attached hydrogens (tertiary/aromatic N) is 2. The number of nitrogens with one attached hydrogen (secondary N) is 1. The van der Waals surface area contributed by atoms with Crippen LogP contribution in [0.2, 0.25) is 0 Å². The van der Waals surface area contributed by atoms with Crippen molar-refractivity contribution in [3.05, 3.63) is 18.3 Å². The van der Waals surface area contributed by atoms with E-state index >= 15 is 0 Å². The zero-order valence-electron chi connectivity index (χ0n) is 12.7. The van der Waals surface area contributed by atoms with Gasteiger partial charge >= 0.3 is 6.18 Å². The molecule has 10 heteroatoms. The number of sulfonamides is 1. The Morgan fingerprint density at radius 1 is 1.39 bits per heavy atom. The predicted molar refractivity (Wildman–Crippen MR) is 76.6 cm³/mol. The molecule has 0 amide bonds. The highest BCUT2D eigenvalue weighted by Gasteiger charge is 2.34. The standard InChI is InChI=1S/C13H18F3N3O3S/c1-9-10(2)19(6-5-17-9)23(20,21)11-3-4-12(18-7-11)22-8-13(14,15)16/h3-4,7,9-10,17H,5-6,8H2,1-2H3. The molecule has 130 valence electrons. The number of aromatic nitrogens is 1. The van der Waals surface area contributed by atoms with Crippen molar-refractivity contribution in [1.29, 1.82) is 0 Å². The third kappa shape index (κ3) is 4.33. The molecular weight excluding hydrogens is 335 g/mol. The maximum atomic E-state index is 12.6. The molecule has 0 spiro atoms. The Kier molecular flexibility index (Phi) is 5.17. The van der Waals surface area contributed by atoms with Crippen LogP contribution >= 0.6 is 0 Å². The molecule has 2 unspecified atom stereocenters. The Labute approximate surface area is 132 Å². The second kappa shape index (κ2) is 6.62. The molecule has 1 aromatic rings. The van der Waals surface area contributed by atoms with Crippen LogP contribution in [0.5, 0.6) is 5.88 Å². The summed E-state index contributed by atoms with van der Waals surface area (Å²) in [6.07, 6.45) is -3.46. The van der Waals surface area contributed by atoms with Crippen LogP contribution < -0.4 is 10.1 Å². The first-order valence-electron chi connectivity index (χ1n) is 7.02. The number of hydrogen-bond acceptors (Lipinski definition) is 5. The molecule has 2 atom stereocenters. The molecule has 6 nitrogen and oxygen atoms in total. The molecule has 2 rings (SSSR count). The number of pyridine rings is 1. The van der Waals surface area contributed by atoms with Gasteiger partial charge in [-0.3, -0.25) is 0 Å². The summed E-state index contributed by atoms with van der Waals surface area (Å²) in [5.74, 6) is -0.275. The van der Waals surface area contributed by atoms with Gasteiger partial charge in [0.15, 0.2) is 6.61 Å². The van der Waals surface area contributed by atoms with Gasteiger partial charge < -0.3 is 10.1 Å². The fourth-order valence-electron chi connectivity index (χ4n) is 2.26. The summed E-state index contributed by atoms with van der Waals surface area (Å²) in [7, 11) is -3.75. The van der Waals surface area contributed by atoms with Crippen LogP contribution in [0.3, 0.4) is 0 Å². The largest absolute Gasteiger partial charge is 0.468 e. The highest BCUT2D eigenvalue weighted by atomic mass is 32.2. The lowest BCUT2D eigenvalue weighted by molar-refractivity contribution is -0.154. The number of halogens is 3. The van der Waals surface area contributed by atoms with Crippen LogP contribution in [0.25, 0.3) is 0 Å². The van der Waals surface area contributed by atoms with Gasteiger partial charge in [-0.2, -0.15) is 17.5 Å². The van der Waals surface area contributed by atoms with Gasteiger partial charge in [-0.15, -0.1) is 0 Å². The number of ether oxygens (including phenoxy) is 1. The SMILES string of the molecule is CC1NCCN(S(=O)(=O)c2ccc(OCC(F)(F)F)nc2)C1C. The highest BCUT2D eigenvalue weighted by molar-refractivity contribution is 7.89. The summed E-state index contributed by atoms with van der Waals surface area (Å²) >= 11 is 0. The summed E-state index contributed by atoms with van der Waals surface area (Å²) in [6, 6.07) is 2.08. The van der Waals surface area contributed by atoms with E-state index in [0.29, 0.717) is 13.1 Å². The minimum absolute atomic E-state index is 0.000811. The minimum atomic E-state index is -4.47. The average Bonchev–Trinajstić information content (AvgIpc) is 2.47. The van der Waals surface area contributed by atoms with Gasteiger partial charge in [0, 0.05) is 31.2 Å². The monoisotopic (exact) mass is 353 g/mol. The summed E-state index contributed by atoms with van der Waals surface area (Å²) in [4.78, 5) is 3.57. The number of rotatable bonds is 4. The number of alkyl halides is 3. The van der Waals surface area contributed by atoms with Gasteiger partial charge in [0.05, 0.1) is 6.20 Å². The fraction of sp³-hybridized carbons (Fsp3) is 0.615. The Morgan fingerprint density at radius 2 is 2.09 bits per heavy atom. The van der Waals surface area contributed by atoms with Crippen molar-refractivity contribution in [2.45, 2.75) is 37.0 Å². The van der Waals surface area contributed by atoms with Crippen LogP contribution in [0.15, 0.2) is 23.2 Å². The third-order valence-electron chi connectivity index (χ3n) is 3.68. The molecular formula is C13H18F3N3O3S. The smallest absolute Gasteiger partial charge is 0.422 e. The van der Waals surface area contributed by atoms with Gasteiger partial charge in [-0.05, 0) is 19.9 Å².